The number of aromatic nitrogens is 2. The Balaban J connectivity index is 1.64. The van der Waals surface area contributed by atoms with E-state index in [1.165, 1.54) is 12.8 Å². The fourth-order valence-corrected chi connectivity index (χ4v) is 2.49. The van der Waals surface area contributed by atoms with Crippen molar-refractivity contribution in [3.63, 3.8) is 0 Å². The molecule has 1 fully saturated rings. The van der Waals surface area contributed by atoms with Crippen LogP contribution in [0.25, 0.3) is 0 Å². The van der Waals surface area contributed by atoms with E-state index in [9.17, 15) is 0 Å². The average Bonchev–Trinajstić information content (AvgIpc) is 3.21. The van der Waals surface area contributed by atoms with Crippen LogP contribution in [0.4, 0.5) is 5.82 Å². The molecule has 2 aliphatic rings. The first-order chi connectivity index (χ1) is 9.22. The van der Waals surface area contributed by atoms with Gasteiger partial charge >= 0.3 is 0 Å². The van der Waals surface area contributed by atoms with Gasteiger partial charge in [-0.05, 0) is 37.5 Å². The van der Waals surface area contributed by atoms with Crippen LogP contribution < -0.4 is 10.5 Å². The molecule has 4 nitrogen and oxygen atoms in total. The lowest BCUT2D eigenvalue weighted by molar-refractivity contribution is 0.192. The number of nitrogen functional groups attached to an aromatic ring is 1. The zero-order valence-corrected chi connectivity index (χ0v) is 11.4. The number of ether oxygens (including phenoxy) is 1. The van der Waals surface area contributed by atoms with Crippen molar-refractivity contribution < 1.29 is 4.74 Å². The zero-order chi connectivity index (χ0) is 13.2. The molecule has 0 aromatic carbocycles. The maximum absolute atomic E-state index is 5.85. The van der Waals surface area contributed by atoms with Crippen LogP contribution in [-0.4, -0.2) is 16.6 Å². The summed E-state index contributed by atoms with van der Waals surface area (Å²) < 4.78 is 5.85. The first kappa shape index (κ1) is 12.5. The Morgan fingerprint density at radius 1 is 1.26 bits per heavy atom. The van der Waals surface area contributed by atoms with Crippen LogP contribution in [0, 0.1) is 11.8 Å². The first-order valence-electron chi connectivity index (χ1n) is 7.14. The number of hydrogen-bond donors (Lipinski definition) is 1. The van der Waals surface area contributed by atoms with E-state index in [1.54, 1.807) is 6.07 Å². The minimum absolute atomic E-state index is 0.502. The van der Waals surface area contributed by atoms with Crippen molar-refractivity contribution in [2.45, 2.75) is 38.5 Å². The normalized spacial score (nSPS) is 26.4. The van der Waals surface area contributed by atoms with E-state index in [1.807, 2.05) is 0 Å². The van der Waals surface area contributed by atoms with Gasteiger partial charge in [0.2, 0.25) is 5.88 Å². The zero-order valence-electron chi connectivity index (χ0n) is 11.4. The minimum atomic E-state index is 0.502. The van der Waals surface area contributed by atoms with Crippen molar-refractivity contribution in [2.24, 2.45) is 11.8 Å². The lowest BCUT2D eigenvalue weighted by atomic mass is 9.85. The first-order valence-corrected chi connectivity index (χ1v) is 7.14. The summed E-state index contributed by atoms with van der Waals surface area (Å²) in [6.45, 7) is 2.99. The molecule has 0 bridgehead atoms. The summed E-state index contributed by atoms with van der Waals surface area (Å²) in [7, 11) is 0. The van der Waals surface area contributed by atoms with E-state index >= 15 is 0 Å². The van der Waals surface area contributed by atoms with Gasteiger partial charge in [0.05, 0.1) is 6.61 Å². The molecule has 1 heterocycles. The topological polar surface area (TPSA) is 61.0 Å². The van der Waals surface area contributed by atoms with Crippen LogP contribution in [0.2, 0.25) is 0 Å². The lowest BCUT2D eigenvalue weighted by Gasteiger charge is -2.24. The third-order valence-electron chi connectivity index (χ3n) is 4.05. The smallest absolute Gasteiger partial charge is 0.218 e. The van der Waals surface area contributed by atoms with Crippen molar-refractivity contribution in [3.8, 4) is 5.88 Å². The Morgan fingerprint density at radius 2 is 2.05 bits per heavy atom. The summed E-state index contributed by atoms with van der Waals surface area (Å²) in [4.78, 5) is 8.75. The van der Waals surface area contributed by atoms with Crippen LogP contribution in [0.15, 0.2) is 18.2 Å². The Hall–Kier alpha value is -1.58. The minimum Gasteiger partial charge on any atom is -0.477 e. The van der Waals surface area contributed by atoms with E-state index in [0.717, 1.165) is 18.7 Å². The Bertz CT molecular complexity index is 482. The highest BCUT2D eigenvalue weighted by atomic mass is 16.5. The molecule has 1 aromatic heterocycles. The quantitative estimate of drug-likeness (QED) is 0.844. The van der Waals surface area contributed by atoms with Gasteiger partial charge in [0.1, 0.15) is 11.6 Å². The molecule has 2 unspecified atom stereocenters. The molecule has 2 atom stereocenters. The molecular weight excluding hydrogens is 238 g/mol. The van der Waals surface area contributed by atoms with Gasteiger partial charge in [-0.2, -0.15) is 4.98 Å². The average molecular weight is 259 g/mol. The van der Waals surface area contributed by atoms with E-state index in [4.69, 9.17) is 10.5 Å². The Labute approximate surface area is 114 Å². The van der Waals surface area contributed by atoms with Gasteiger partial charge in [-0.25, -0.2) is 4.98 Å². The van der Waals surface area contributed by atoms with Gasteiger partial charge < -0.3 is 10.5 Å². The summed E-state index contributed by atoms with van der Waals surface area (Å²) in [5, 5.41) is 0. The van der Waals surface area contributed by atoms with Crippen molar-refractivity contribution in [1.82, 2.24) is 9.97 Å². The van der Waals surface area contributed by atoms with Gasteiger partial charge in [-0.15, -0.1) is 0 Å². The molecule has 0 aliphatic heterocycles. The fraction of sp³-hybridized carbons (Fsp3) is 0.600. The maximum Gasteiger partial charge on any atom is 0.218 e. The van der Waals surface area contributed by atoms with Crippen molar-refractivity contribution in [3.05, 3.63) is 24.0 Å². The SMILES string of the molecule is CC1CC=CCC1COc1cc(N)nc(C2CC2)n1. The van der Waals surface area contributed by atoms with Gasteiger partial charge in [-0.1, -0.05) is 19.1 Å². The molecule has 1 saturated carbocycles. The summed E-state index contributed by atoms with van der Waals surface area (Å²) in [5.41, 5.74) is 5.82. The molecule has 19 heavy (non-hydrogen) atoms. The second-order valence-electron chi connectivity index (χ2n) is 5.75. The predicted octanol–water partition coefficient (Wildman–Crippen LogP) is 2.92. The van der Waals surface area contributed by atoms with E-state index < -0.39 is 0 Å². The van der Waals surface area contributed by atoms with Crippen LogP contribution in [-0.2, 0) is 0 Å². The van der Waals surface area contributed by atoms with Gasteiger partial charge in [0.25, 0.3) is 0 Å². The summed E-state index contributed by atoms with van der Waals surface area (Å²) >= 11 is 0. The molecule has 4 heteroatoms. The van der Waals surface area contributed by atoms with Gasteiger partial charge in [-0.3, -0.25) is 0 Å². The molecule has 3 rings (SSSR count). The monoisotopic (exact) mass is 259 g/mol. The largest absolute Gasteiger partial charge is 0.477 e. The molecule has 1 aromatic rings. The fourth-order valence-electron chi connectivity index (χ4n) is 2.49. The van der Waals surface area contributed by atoms with Crippen molar-refractivity contribution in [2.75, 3.05) is 12.3 Å². The Morgan fingerprint density at radius 3 is 2.79 bits per heavy atom. The maximum atomic E-state index is 5.85. The summed E-state index contributed by atoms with van der Waals surface area (Å²) in [5.74, 6) is 3.76. The second-order valence-corrected chi connectivity index (χ2v) is 5.75. The number of nitrogens with two attached hydrogens (primary N) is 1. The molecule has 0 saturated heterocycles. The number of nitrogens with zero attached hydrogens (tertiary/aromatic N) is 2. The summed E-state index contributed by atoms with van der Waals surface area (Å²) in [6, 6.07) is 1.73. The van der Waals surface area contributed by atoms with Crippen molar-refractivity contribution in [1.29, 1.82) is 0 Å². The highest BCUT2D eigenvalue weighted by molar-refractivity contribution is 5.34. The Kier molecular flexibility index (Phi) is 3.40. The van der Waals surface area contributed by atoms with Crippen LogP contribution in [0.5, 0.6) is 5.88 Å². The number of anilines is 1. The molecular formula is C15H21N3O. The van der Waals surface area contributed by atoms with Crippen LogP contribution in [0.3, 0.4) is 0 Å². The van der Waals surface area contributed by atoms with E-state index in [0.29, 0.717) is 36.1 Å². The predicted molar refractivity (Wildman–Crippen MR) is 74.9 cm³/mol. The molecule has 102 valence electrons. The highest BCUT2D eigenvalue weighted by Crippen LogP contribution is 2.39. The third-order valence-corrected chi connectivity index (χ3v) is 4.05. The summed E-state index contributed by atoms with van der Waals surface area (Å²) in [6.07, 6.45) is 9.10. The van der Waals surface area contributed by atoms with Crippen molar-refractivity contribution >= 4 is 5.82 Å². The lowest BCUT2D eigenvalue weighted by Crippen LogP contribution is -2.21. The number of rotatable bonds is 4. The molecule has 2 aliphatic carbocycles. The number of allylic oxidation sites excluding steroid dienone is 2. The number of hydrogen-bond acceptors (Lipinski definition) is 4. The standard InChI is InChI=1S/C15H21N3O/c1-10-4-2-3-5-12(10)9-19-14-8-13(16)17-15(18-14)11-6-7-11/h2-3,8,10-12H,4-7,9H2,1H3,(H2,16,17,18). The van der Waals surface area contributed by atoms with Crippen LogP contribution in [0.1, 0.15) is 44.3 Å². The molecule has 0 amide bonds. The van der Waals surface area contributed by atoms with Crippen LogP contribution >= 0.6 is 0 Å². The third kappa shape index (κ3) is 3.06. The van der Waals surface area contributed by atoms with E-state index in [2.05, 4.69) is 29.0 Å². The molecule has 0 radical (unpaired) electrons. The van der Waals surface area contributed by atoms with Gasteiger partial charge in [0, 0.05) is 12.0 Å². The highest BCUT2D eigenvalue weighted by Gasteiger charge is 2.27. The molecule has 2 N–H and O–H groups in total. The second kappa shape index (κ2) is 5.19. The van der Waals surface area contributed by atoms with E-state index in [-0.39, 0.29) is 0 Å². The van der Waals surface area contributed by atoms with Gasteiger partial charge in [0.15, 0.2) is 0 Å². The molecule has 0 spiro atoms.